The minimum Gasteiger partial charge on any atom is -0.466 e. The lowest BCUT2D eigenvalue weighted by Gasteiger charge is -2.38. The third-order valence-electron chi connectivity index (χ3n) is 5.84. The standard InChI is InChI=1S/C29H42N4O7/c1-8-19(4)33(27(37)22(15-16-23(30)34)32-28(38)40-29(5,6)7)25(21-13-11-20(9-2)12-14-21)26(36)31-18-17-24(35)39-10-3/h2,11-14,19,22,25H,8,10,15-18H2,1,3-7H3,(H2,30,34)(H,31,36)(H,32,38). The van der Waals surface area contributed by atoms with Crippen LogP contribution < -0.4 is 16.4 Å². The van der Waals surface area contributed by atoms with Crippen molar-refractivity contribution in [1.82, 2.24) is 15.5 Å². The van der Waals surface area contributed by atoms with Gasteiger partial charge in [0.25, 0.3) is 0 Å². The molecule has 3 atom stereocenters. The molecule has 0 aromatic heterocycles. The SMILES string of the molecule is C#Cc1ccc(C(C(=O)NCCC(=O)OCC)N(C(=O)C(CCC(N)=O)NC(=O)OC(C)(C)C)C(C)CC)cc1. The lowest BCUT2D eigenvalue weighted by Crippen LogP contribution is -2.55. The van der Waals surface area contributed by atoms with Gasteiger partial charge in [0.15, 0.2) is 0 Å². The zero-order valence-corrected chi connectivity index (χ0v) is 24.2. The van der Waals surface area contributed by atoms with Crippen LogP contribution in [0.2, 0.25) is 0 Å². The van der Waals surface area contributed by atoms with E-state index >= 15 is 0 Å². The molecule has 0 fully saturated rings. The van der Waals surface area contributed by atoms with Gasteiger partial charge in [-0.1, -0.05) is 25.0 Å². The smallest absolute Gasteiger partial charge is 0.408 e. The van der Waals surface area contributed by atoms with Gasteiger partial charge in [-0.05, 0) is 65.2 Å². The highest BCUT2D eigenvalue weighted by Crippen LogP contribution is 2.27. The second-order valence-electron chi connectivity index (χ2n) is 10.2. The summed E-state index contributed by atoms with van der Waals surface area (Å²) in [6.45, 7) is 10.5. The molecule has 0 bridgehead atoms. The molecule has 40 heavy (non-hydrogen) atoms. The first kappa shape index (κ1) is 34.0. The minimum absolute atomic E-state index is 0.0135. The highest BCUT2D eigenvalue weighted by atomic mass is 16.6. The molecule has 1 aromatic carbocycles. The number of hydrogen-bond donors (Lipinski definition) is 3. The molecule has 0 aliphatic carbocycles. The van der Waals surface area contributed by atoms with E-state index in [9.17, 15) is 24.0 Å². The first-order chi connectivity index (χ1) is 18.7. The Morgan fingerprint density at radius 1 is 1.07 bits per heavy atom. The Hall–Kier alpha value is -4.07. The molecule has 0 spiro atoms. The monoisotopic (exact) mass is 558 g/mol. The van der Waals surface area contributed by atoms with Crippen molar-refractivity contribution in [1.29, 1.82) is 0 Å². The number of carbonyl (C=O) groups is 5. The van der Waals surface area contributed by atoms with Gasteiger partial charge in [0.05, 0.1) is 13.0 Å². The van der Waals surface area contributed by atoms with Gasteiger partial charge < -0.3 is 30.7 Å². The van der Waals surface area contributed by atoms with Crippen LogP contribution in [0.3, 0.4) is 0 Å². The highest BCUT2D eigenvalue weighted by molar-refractivity contribution is 5.92. The van der Waals surface area contributed by atoms with E-state index in [2.05, 4.69) is 16.6 Å². The molecule has 0 aliphatic heterocycles. The summed E-state index contributed by atoms with van der Waals surface area (Å²) in [5.74, 6) is 0.240. The first-order valence-electron chi connectivity index (χ1n) is 13.3. The van der Waals surface area contributed by atoms with Gasteiger partial charge in [-0.25, -0.2) is 4.79 Å². The van der Waals surface area contributed by atoms with Crippen LogP contribution in [-0.2, 0) is 28.7 Å². The lowest BCUT2D eigenvalue weighted by atomic mass is 9.98. The Morgan fingerprint density at radius 3 is 2.20 bits per heavy atom. The van der Waals surface area contributed by atoms with Crippen LogP contribution in [0, 0.1) is 12.3 Å². The predicted octanol–water partition coefficient (Wildman–Crippen LogP) is 2.56. The van der Waals surface area contributed by atoms with E-state index in [0.29, 0.717) is 17.5 Å². The predicted molar refractivity (Wildman–Crippen MR) is 150 cm³/mol. The summed E-state index contributed by atoms with van der Waals surface area (Å²) in [7, 11) is 0. The second kappa shape index (κ2) is 16.1. The molecule has 0 heterocycles. The van der Waals surface area contributed by atoms with Crippen molar-refractivity contribution in [3.8, 4) is 12.3 Å². The second-order valence-corrected chi connectivity index (χ2v) is 10.2. The lowest BCUT2D eigenvalue weighted by molar-refractivity contribution is -0.146. The van der Waals surface area contributed by atoms with Crippen LogP contribution in [0.1, 0.15) is 84.4 Å². The maximum absolute atomic E-state index is 14.1. The normalized spacial score (nSPS) is 13.1. The number of primary amides is 1. The van der Waals surface area contributed by atoms with Gasteiger partial charge in [-0.2, -0.15) is 0 Å². The van der Waals surface area contributed by atoms with E-state index in [1.165, 1.54) is 4.90 Å². The van der Waals surface area contributed by atoms with Gasteiger partial charge in [0, 0.05) is 24.6 Å². The minimum atomic E-state index is -1.21. The van der Waals surface area contributed by atoms with Gasteiger partial charge >= 0.3 is 12.1 Å². The summed E-state index contributed by atoms with van der Waals surface area (Å²) in [5, 5.41) is 5.26. The van der Waals surface area contributed by atoms with Crippen molar-refractivity contribution in [2.75, 3.05) is 13.2 Å². The van der Waals surface area contributed by atoms with Crippen molar-refractivity contribution in [2.24, 2.45) is 5.73 Å². The number of nitrogens with one attached hydrogen (secondary N) is 2. The van der Waals surface area contributed by atoms with E-state index in [1.807, 2.05) is 6.92 Å². The molecule has 3 unspecified atom stereocenters. The molecule has 4 amide bonds. The average molecular weight is 559 g/mol. The van der Waals surface area contributed by atoms with Crippen LogP contribution in [0.25, 0.3) is 0 Å². The fourth-order valence-corrected chi connectivity index (χ4v) is 3.79. The first-order valence-corrected chi connectivity index (χ1v) is 13.3. The highest BCUT2D eigenvalue weighted by Gasteiger charge is 2.38. The molecule has 1 aromatic rings. The molecule has 0 radical (unpaired) electrons. The Labute approximate surface area is 236 Å². The van der Waals surface area contributed by atoms with Crippen LogP contribution in [0.4, 0.5) is 4.79 Å². The van der Waals surface area contributed by atoms with Crippen LogP contribution in [-0.4, -0.2) is 65.5 Å². The van der Waals surface area contributed by atoms with E-state index < -0.39 is 53.5 Å². The summed E-state index contributed by atoms with van der Waals surface area (Å²) in [4.78, 5) is 65.1. The molecule has 4 N–H and O–H groups in total. The molecule has 0 aliphatic rings. The zero-order valence-electron chi connectivity index (χ0n) is 24.2. The third kappa shape index (κ3) is 11.4. The number of esters is 1. The summed E-state index contributed by atoms with van der Waals surface area (Å²) in [5.41, 5.74) is 5.55. The Balaban J connectivity index is 3.50. The number of hydrogen-bond acceptors (Lipinski definition) is 7. The molecule has 11 nitrogen and oxygen atoms in total. The Morgan fingerprint density at radius 2 is 1.70 bits per heavy atom. The van der Waals surface area contributed by atoms with Gasteiger partial charge in [0.2, 0.25) is 17.7 Å². The van der Waals surface area contributed by atoms with E-state index in [-0.39, 0.29) is 32.4 Å². The van der Waals surface area contributed by atoms with Crippen molar-refractivity contribution in [3.63, 3.8) is 0 Å². The van der Waals surface area contributed by atoms with Crippen molar-refractivity contribution < 1.29 is 33.4 Å². The van der Waals surface area contributed by atoms with Crippen LogP contribution in [0.15, 0.2) is 24.3 Å². The quantitative estimate of drug-likeness (QED) is 0.234. The molecule has 11 heteroatoms. The summed E-state index contributed by atoms with van der Waals surface area (Å²) in [6, 6.07) is 3.76. The van der Waals surface area contributed by atoms with Crippen LogP contribution >= 0.6 is 0 Å². The maximum atomic E-state index is 14.1. The fraction of sp³-hybridized carbons (Fsp3) is 0.552. The topological polar surface area (TPSA) is 157 Å². The maximum Gasteiger partial charge on any atom is 0.408 e. The van der Waals surface area contributed by atoms with Crippen molar-refractivity contribution >= 4 is 29.8 Å². The summed E-state index contributed by atoms with van der Waals surface area (Å²) in [6.07, 6.45) is 4.76. The van der Waals surface area contributed by atoms with Gasteiger partial charge in [0.1, 0.15) is 17.7 Å². The van der Waals surface area contributed by atoms with E-state index in [1.54, 1.807) is 58.9 Å². The summed E-state index contributed by atoms with van der Waals surface area (Å²) < 4.78 is 10.2. The largest absolute Gasteiger partial charge is 0.466 e. The average Bonchev–Trinajstić information content (AvgIpc) is 2.87. The molecule has 0 saturated heterocycles. The molecular formula is C29H42N4O7. The van der Waals surface area contributed by atoms with Crippen molar-refractivity contribution in [3.05, 3.63) is 35.4 Å². The molecular weight excluding hydrogens is 516 g/mol. The molecule has 0 saturated carbocycles. The molecule has 1 rings (SSSR count). The summed E-state index contributed by atoms with van der Waals surface area (Å²) >= 11 is 0. The number of amides is 4. The van der Waals surface area contributed by atoms with Gasteiger partial charge in [-0.15, -0.1) is 6.42 Å². The zero-order chi connectivity index (χ0) is 30.5. The number of nitrogens with zero attached hydrogens (tertiary/aromatic N) is 1. The number of benzene rings is 1. The van der Waals surface area contributed by atoms with Gasteiger partial charge in [-0.3, -0.25) is 19.2 Å². The Kier molecular flexibility index (Phi) is 13.7. The van der Waals surface area contributed by atoms with E-state index in [4.69, 9.17) is 21.6 Å². The number of rotatable bonds is 14. The third-order valence-corrected chi connectivity index (χ3v) is 5.84. The number of ether oxygens (including phenoxy) is 2. The number of alkyl carbamates (subject to hydrolysis) is 1. The Bertz CT molecular complexity index is 1070. The molecule has 220 valence electrons. The van der Waals surface area contributed by atoms with Crippen LogP contribution in [0.5, 0.6) is 0 Å². The number of nitrogens with two attached hydrogens (primary N) is 1. The number of carbonyl (C=O) groups excluding carboxylic acids is 5. The fourth-order valence-electron chi connectivity index (χ4n) is 3.79. The van der Waals surface area contributed by atoms with Crippen molar-refractivity contribution in [2.45, 2.75) is 91.0 Å². The number of terminal acetylenes is 1. The van der Waals surface area contributed by atoms with E-state index in [0.717, 1.165) is 0 Å².